The zero-order valence-corrected chi connectivity index (χ0v) is 10.4. The van der Waals surface area contributed by atoms with Crippen LogP contribution < -0.4 is 0 Å². The number of nitrogens with zero attached hydrogens (tertiary/aromatic N) is 1. The molecule has 1 aliphatic rings. The van der Waals surface area contributed by atoms with E-state index < -0.39 is 0 Å². The van der Waals surface area contributed by atoms with Crippen molar-refractivity contribution in [2.45, 2.75) is 6.54 Å². The van der Waals surface area contributed by atoms with E-state index >= 15 is 0 Å². The molecule has 1 aliphatic heterocycles. The van der Waals surface area contributed by atoms with Crippen LogP contribution in [0.4, 0.5) is 0 Å². The highest BCUT2D eigenvalue weighted by Crippen LogP contribution is 2.33. The Morgan fingerprint density at radius 2 is 2.12 bits per heavy atom. The van der Waals surface area contributed by atoms with Gasteiger partial charge in [-0.05, 0) is 17.0 Å². The summed E-state index contributed by atoms with van der Waals surface area (Å²) in [7, 11) is 0. The van der Waals surface area contributed by atoms with E-state index in [-0.39, 0.29) is 0 Å². The fraction of sp³-hybridized carbons (Fsp3) is 0.385. The van der Waals surface area contributed by atoms with Gasteiger partial charge in [-0.3, -0.25) is 4.90 Å². The van der Waals surface area contributed by atoms with Crippen molar-refractivity contribution in [3.05, 3.63) is 29.1 Å². The van der Waals surface area contributed by atoms with E-state index in [9.17, 15) is 5.11 Å². The zero-order valence-electron chi connectivity index (χ0n) is 9.56. The summed E-state index contributed by atoms with van der Waals surface area (Å²) in [5.41, 5.74) is 1.31. The number of aromatic hydroxyl groups is 1. The first-order valence-electron chi connectivity index (χ1n) is 5.83. The van der Waals surface area contributed by atoms with Gasteiger partial charge in [0, 0.05) is 25.0 Å². The molecule has 0 saturated carbocycles. The Hall–Kier alpha value is -1.10. The molecular formula is C13H15NO2S. The number of hydrogen-bond acceptors (Lipinski definition) is 4. The van der Waals surface area contributed by atoms with Gasteiger partial charge in [-0.15, -0.1) is 11.3 Å². The van der Waals surface area contributed by atoms with E-state index in [4.69, 9.17) is 4.74 Å². The Bertz CT molecular complexity index is 517. The lowest BCUT2D eigenvalue weighted by molar-refractivity contribution is 0.0344. The molecular weight excluding hydrogens is 234 g/mol. The number of phenols is 1. The van der Waals surface area contributed by atoms with Crippen LogP contribution in [0.1, 0.15) is 5.56 Å². The monoisotopic (exact) mass is 249 g/mol. The van der Waals surface area contributed by atoms with Gasteiger partial charge in [-0.2, -0.15) is 0 Å². The first-order valence-corrected chi connectivity index (χ1v) is 6.71. The molecule has 3 rings (SSSR count). The van der Waals surface area contributed by atoms with Crippen molar-refractivity contribution in [2.24, 2.45) is 0 Å². The standard InChI is InChI=1S/C13H15NO2S/c15-12-3-1-2-11-10(9-17-13(11)12)8-14-4-6-16-7-5-14/h1-3,9,15H,4-8H2. The molecule has 3 nitrogen and oxygen atoms in total. The summed E-state index contributed by atoms with van der Waals surface area (Å²) in [6.07, 6.45) is 0. The summed E-state index contributed by atoms with van der Waals surface area (Å²) in [5, 5.41) is 13.1. The highest BCUT2D eigenvalue weighted by molar-refractivity contribution is 7.17. The van der Waals surface area contributed by atoms with E-state index in [0.717, 1.165) is 37.5 Å². The Labute approximate surface area is 104 Å². The lowest BCUT2D eigenvalue weighted by Gasteiger charge is -2.26. The van der Waals surface area contributed by atoms with Crippen molar-refractivity contribution in [3.63, 3.8) is 0 Å². The van der Waals surface area contributed by atoms with Crippen LogP contribution in [0.25, 0.3) is 10.1 Å². The fourth-order valence-electron chi connectivity index (χ4n) is 2.22. The Balaban J connectivity index is 1.87. The van der Waals surface area contributed by atoms with Crippen molar-refractivity contribution < 1.29 is 9.84 Å². The van der Waals surface area contributed by atoms with Gasteiger partial charge in [0.25, 0.3) is 0 Å². The second-order valence-electron chi connectivity index (χ2n) is 4.30. The molecule has 0 spiro atoms. The van der Waals surface area contributed by atoms with E-state index in [2.05, 4.69) is 16.3 Å². The number of morpholine rings is 1. The smallest absolute Gasteiger partial charge is 0.133 e. The molecule has 4 heteroatoms. The largest absolute Gasteiger partial charge is 0.506 e. The van der Waals surface area contributed by atoms with Gasteiger partial charge >= 0.3 is 0 Å². The minimum Gasteiger partial charge on any atom is -0.506 e. The molecule has 0 bridgehead atoms. The SMILES string of the molecule is Oc1cccc2c(CN3CCOCC3)csc12. The molecule has 1 aromatic carbocycles. The van der Waals surface area contributed by atoms with Crippen LogP contribution in [0, 0.1) is 0 Å². The van der Waals surface area contributed by atoms with Crippen LogP contribution in [0.5, 0.6) is 5.75 Å². The predicted octanol–water partition coefficient (Wildman–Crippen LogP) is 2.44. The quantitative estimate of drug-likeness (QED) is 0.887. The molecule has 1 saturated heterocycles. The minimum absolute atomic E-state index is 0.390. The normalized spacial score (nSPS) is 17.6. The van der Waals surface area contributed by atoms with Gasteiger partial charge in [-0.25, -0.2) is 0 Å². The van der Waals surface area contributed by atoms with Crippen LogP contribution in [-0.4, -0.2) is 36.3 Å². The van der Waals surface area contributed by atoms with E-state index in [1.54, 1.807) is 17.4 Å². The van der Waals surface area contributed by atoms with Crippen molar-refractivity contribution in [3.8, 4) is 5.75 Å². The van der Waals surface area contributed by atoms with Crippen molar-refractivity contribution in [2.75, 3.05) is 26.3 Å². The summed E-state index contributed by atoms with van der Waals surface area (Å²) in [4.78, 5) is 2.40. The highest BCUT2D eigenvalue weighted by Gasteiger charge is 2.14. The fourth-order valence-corrected chi connectivity index (χ4v) is 3.19. The first kappa shape index (κ1) is 11.0. The molecule has 2 aromatic rings. The Kier molecular flexibility index (Phi) is 3.01. The van der Waals surface area contributed by atoms with Crippen LogP contribution in [0.15, 0.2) is 23.6 Å². The molecule has 0 amide bonds. The molecule has 1 N–H and O–H groups in total. The molecule has 1 fully saturated rings. The van der Waals surface area contributed by atoms with Gasteiger partial charge in [-0.1, -0.05) is 12.1 Å². The number of thiophene rings is 1. The average molecular weight is 249 g/mol. The summed E-state index contributed by atoms with van der Waals surface area (Å²) in [6, 6.07) is 5.74. The van der Waals surface area contributed by atoms with Crippen molar-refractivity contribution >= 4 is 21.4 Å². The van der Waals surface area contributed by atoms with Crippen LogP contribution in [0.3, 0.4) is 0 Å². The topological polar surface area (TPSA) is 32.7 Å². The molecule has 0 unspecified atom stereocenters. The minimum atomic E-state index is 0.390. The highest BCUT2D eigenvalue weighted by atomic mass is 32.1. The maximum Gasteiger partial charge on any atom is 0.133 e. The molecule has 2 heterocycles. The third-order valence-electron chi connectivity index (χ3n) is 3.16. The summed E-state index contributed by atoms with van der Waals surface area (Å²) in [6.45, 7) is 4.60. The van der Waals surface area contributed by atoms with Crippen LogP contribution in [0.2, 0.25) is 0 Å². The van der Waals surface area contributed by atoms with Gasteiger partial charge in [0.15, 0.2) is 0 Å². The Morgan fingerprint density at radius 3 is 2.94 bits per heavy atom. The van der Waals surface area contributed by atoms with Gasteiger partial charge in [0.2, 0.25) is 0 Å². The number of ether oxygens (including phenoxy) is 1. The third kappa shape index (κ3) is 2.16. The predicted molar refractivity (Wildman–Crippen MR) is 69.6 cm³/mol. The molecule has 90 valence electrons. The average Bonchev–Trinajstić information content (AvgIpc) is 2.76. The zero-order chi connectivity index (χ0) is 11.7. The van der Waals surface area contributed by atoms with Crippen LogP contribution >= 0.6 is 11.3 Å². The van der Waals surface area contributed by atoms with E-state index in [1.165, 1.54) is 10.9 Å². The summed E-state index contributed by atoms with van der Waals surface area (Å²) >= 11 is 1.62. The second kappa shape index (κ2) is 4.64. The molecule has 0 radical (unpaired) electrons. The van der Waals surface area contributed by atoms with E-state index in [1.807, 2.05) is 6.07 Å². The number of phenolic OH excluding ortho intramolecular Hbond substituents is 1. The van der Waals surface area contributed by atoms with E-state index in [0.29, 0.717) is 5.75 Å². The number of benzene rings is 1. The lowest BCUT2D eigenvalue weighted by atomic mass is 10.1. The van der Waals surface area contributed by atoms with Crippen LogP contribution in [-0.2, 0) is 11.3 Å². The second-order valence-corrected chi connectivity index (χ2v) is 5.18. The van der Waals surface area contributed by atoms with Gasteiger partial charge in [0.1, 0.15) is 5.75 Å². The number of rotatable bonds is 2. The van der Waals surface area contributed by atoms with Crippen molar-refractivity contribution in [1.29, 1.82) is 0 Å². The summed E-state index contributed by atoms with van der Waals surface area (Å²) in [5.74, 6) is 0.390. The first-order chi connectivity index (χ1) is 8.34. The summed E-state index contributed by atoms with van der Waals surface area (Å²) < 4.78 is 6.34. The molecule has 0 atom stereocenters. The Morgan fingerprint density at radius 1 is 1.29 bits per heavy atom. The lowest BCUT2D eigenvalue weighted by Crippen LogP contribution is -2.35. The maximum absolute atomic E-state index is 9.77. The van der Waals surface area contributed by atoms with Gasteiger partial charge < -0.3 is 9.84 Å². The third-order valence-corrected chi connectivity index (χ3v) is 4.22. The number of hydrogen-bond donors (Lipinski definition) is 1. The van der Waals surface area contributed by atoms with Crippen molar-refractivity contribution in [1.82, 2.24) is 4.90 Å². The molecule has 0 aliphatic carbocycles. The maximum atomic E-state index is 9.77. The number of fused-ring (bicyclic) bond motifs is 1. The molecule has 17 heavy (non-hydrogen) atoms. The molecule has 1 aromatic heterocycles. The van der Waals surface area contributed by atoms with Gasteiger partial charge in [0.05, 0.1) is 17.9 Å².